The summed E-state index contributed by atoms with van der Waals surface area (Å²) >= 11 is 0. The van der Waals surface area contributed by atoms with E-state index < -0.39 is 0 Å². The molecule has 0 aromatic heterocycles. The molecule has 4 rings (SSSR count). The summed E-state index contributed by atoms with van der Waals surface area (Å²) in [7, 11) is 1.96. The fourth-order valence-corrected chi connectivity index (χ4v) is 6.36. The van der Waals surface area contributed by atoms with Crippen molar-refractivity contribution in [2.24, 2.45) is 22.2 Å². The highest BCUT2D eigenvalue weighted by molar-refractivity contribution is 5.83. The van der Waals surface area contributed by atoms with Gasteiger partial charge in [-0.2, -0.15) is 0 Å². The van der Waals surface area contributed by atoms with Gasteiger partial charge in [-0.15, -0.1) is 0 Å². The lowest BCUT2D eigenvalue weighted by atomic mass is 9.40. The average Bonchev–Trinajstić information content (AvgIpc) is 2.29. The van der Waals surface area contributed by atoms with E-state index in [0.717, 1.165) is 44.7 Å². The number of hydrogen-bond acceptors (Lipinski definition) is 2. The quantitative estimate of drug-likeness (QED) is 0.759. The first-order valence-electron chi connectivity index (χ1n) is 8.32. The Morgan fingerprint density at radius 2 is 1.70 bits per heavy atom. The van der Waals surface area contributed by atoms with Crippen LogP contribution in [0.15, 0.2) is 0 Å². The molecule has 0 aliphatic heterocycles. The lowest BCUT2D eigenvalue weighted by molar-refractivity contribution is -0.170. The second-order valence-electron chi connectivity index (χ2n) is 8.62. The van der Waals surface area contributed by atoms with Crippen LogP contribution in [-0.2, 0) is 4.79 Å². The van der Waals surface area contributed by atoms with Gasteiger partial charge >= 0.3 is 0 Å². The summed E-state index contributed by atoms with van der Waals surface area (Å²) < 4.78 is 0. The van der Waals surface area contributed by atoms with Crippen LogP contribution in [0.1, 0.15) is 58.8 Å². The summed E-state index contributed by atoms with van der Waals surface area (Å²) in [6.07, 6.45) is 8.49. The van der Waals surface area contributed by atoms with Crippen molar-refractivity contribution >= 4 is 5.91 Å². The molecule has 0 aromatic carbocycles. The van der Waals surface area contributed by atoms with Crippen molar-refractivity contribution in [2.45, 2.75) is 58.8 Å². The monoisotopic (exact) mass is 278 g/mol. The van der Waals surface area contributed by atoms with E-state index >= 15 is 0 Å². The molecule has 4 aliphatic rings. The third kappa shape index (κ3) is 2.38. The largest absolute Gasteiger partial charge is 0.356 e. The molecule has 2 unspecified atom stereocenters. The predicted molar refractivity (Wildman–Crippen MR) is 81.4 cm³/mol. The molecule has 3 nitrogen and oxygen atoms in total. The van der Waals surface area contributed by atoms with Gasteiger partial charge in [-0.1, -0.05) is 13.8 Å². The SMILES string of the molecule is CNCCCNC(=O)C12CC3CC(C)(CC(C)(C3)C1)C2. The Morgan fingerprint density at radius 3 is 2.25 bits per heavy atom. The molecule has 4 fully saturated rings. The Bertz CT molecular complexity index is 388. The number of amides is 1. The Morgan fingerprint density at radius 1 is 1.05 bits per heavy atom. The molecule has 0 radical (unpaired) electrons. The van der Waals surface area contributed by atoms with E-state index in [1.54, 1.807) is 0 Å². The smallest absolute Gasteiger partial charge is 0.226 e. The van der Waals surface area contributed by atoms with Crippen LogP contribution < -0.4 is 10.6 Å². The summed E-state index contributed by atoms with van der Waals surface area (Å²) in [6, 6.07) is 0. The molecule has 4 aliphatic carbocycles. The van der Waals surface area contributed by atoms with Crippen molar-refractivity contribution in [3.63, 3.8) is 0 Å². The first-order valence-corrected chi connectivity index (χ1v) is 8.32. The van der Waals surface area contributed by atoms with Gasteiger partial charge in [0.05, 0.1) is 5.41 Å². The summed E-state index contributed by atoms with van der Waals surface area (Å²) in [5.41, 5.74) is 0.815. The molecule has 2 N–H and O–H groups in total. The first-order chi connectivity index (χ1) is 9.39. The molecular weight excluding hydrogens is 248 g/mol. The number of carbonyl (C=O) groups excluding carboxylic acids is 1. The third-order valence-electron chi connectivity index (χ3n) is 6.00. The standard InChI is InChI=1S/C17H30N2O/c1-15-7-13-8-16(2,10-15)12-17(9-13,11-15)14(20)19-6-4-5-18-3/h13,18H,4-12H2,1-3H3,(H,19,20). The van der Waals surface area contributed by atoms with Crippen LogP contribution in [0.25, 0.3) is 0 Å². The van der Waals surface area contributed by atoms with Crippen LogP contribution in [0.3, 0.4) is 0 Å². The molecule has 4 saturated carbocycles. The number of nitrogens with one attached hydrogen (secondary N) is 2. The van der Waals surface area contributed by atoms with Gasteiger partial charge in [0.1, 0.15) is 0 Å². The Balaban J connectivity index is 1.70. The summed E-state index contributed by atoms with van der Waals surface area (Å²) in [5, 5.41) is 6.37. The minimum absolute atomic E-state index is 0.0391. The molecule has 0 spiro atoms. The number of hydrogen-bond donors (Lipinski definition) is 2. The molecule has 3 heteroatoms. The lowest BCUT2D eigenvalue weighted by Crippen LogP contribution is -2.59. The molecular formula is C17H30N2O. The van der Waals surface area contributed by atoms with Crippen molar-refractivity contribution in [3.8, 4) is 0 Å². The maximum absolute atomic E-state index is 12.8. The predicted octanol–water partition coefficient (Wildman–Crippen LogP) is 2.71. The van der Waals surface area contributed by atoms with E-state index in [0.29, 0.717) is 16.7 Å². The van der Waals surface area contributed by atoms with Crippen molar-refractivity contribution in [2.75, 3.05) is 20.1 Å². The zero-order valence-corrected chi connectivity index (χ0v) is 13.3. The summed E-state index contributed by atoms with van der Waals surface area (Å²) in [6.45, 7) is 6.66. The summed E-state index contributed by atoms with van der Waals surface area (Å²) in [5.74, 6) is 1.15. The van der Waals surface area contributed by atoms with Gasteiger partial charge in [-0.3, -0.25) is 4.79 Å². The minimum atomic E-state index is -0.0391. The highest BCUT2D eigenvalue weighted by atomic mass is 16.2. The van der Waals surface area contributed by atoms with Crippen LogP contribution in [0.2, 0.25) is 0 Å². The van der Waals surface area contributed by atoms with Crippen molar-refractivity contribution in [1.29, 1.82) is 0 Å². The van der Waals surface area contributed by atoms with E-state index in [9.17, 15) is 4.79 Å². The van der Waals surface area contributed by atoms with Gasteiger partial charge in [0.15, 0.2) is 0 Å². The topological polar surface area (TPSA) is 41.1 Å². The van der Waals surface area contributed by atoms with Crippen molar-refractivity contribution in [1.82, 2.24) is 10.6 Å². The minimum Gasteiger partial charge on any atom is -0.356 e. The van der Waals surface area contributed by atoms with Gasteiger partial charge in [0.2, 0.25) is 5.91 Å². The van der Waals surface area contributed by atoms with Crippen molar-refractivity contribution in [3.05, 3.63) is 0 Å². The van der Waals surface area contributed by atoms with E-state index in [2.05, 4.69) is 24.5 Å². The van der Waals surface area contributed by atoms with E-state index in [4.69, 9.17) is 0 Å². The fraction of sp³-hybridized carbons (Fsp3) is 0.941. The van der Waals surface area contributed by atoms with E-state index in [1.807, 2.05) is 7.05 Å². The maximum Gasteiger partial charge on any atom is 0.226 e. The maximum atomic E-state index is 12.8. The lowest BCUT2D eigenvalue weighted by Gasteiger charge is -2.64. The van der Waals surface area contributed by atoms with Crippen LogP contribution in [0, 0.1) is 22.2 Å². The second-order valence-corrected chi connectivity index (χ2v) is 8.62. The van der Waals surface area contributed by atoms with Crippen molar-refractivity contribution < 1.29 is 4.79 Å². The van der Waals surface area contributed by atoms with Gasteiger partial charge < -0.3 is 10.6 Å². The average molecular weight is 278 g/mol. The second kappa shape index (κ2) is 4.72. The molecule has 0 saturated heterocycles. The zero-order valence-electron chi connectivity index (χ0n) is 13.3. The van der Waals surface area contributed by atoms with Gasteiger partial charge in [0.25, 0.3) is 0 Å². The summed E-state index contributed by atoms with van der Waals surface area (Å²) in [4.78, 5) is 12.8. The van der Waals surface area contributed by atoms with E-state index in [-0.39, 0.29) is 5.41 Å². The third-order valence-corrected chi connectivity index (χ3v) is 6.00. The normalized spacial score (nSPS) is 45.6. The van der Waals surface area contributed by atoms with Gasteiger partial charge in [-0.05, 0) is 75.3 Å². The molecule has 2 atom stereocenters. The van der Waals surface area contributed by atoms with E-state index in [1.165, 1.54) is 19.3 Å². The highest BCUT2D eigenvalue weighted by Crippen LogP contribution is 2.69. The number of rotatable bonds is 5. The molecule has 20 heavy (non-hydrogen) atoms. The zero-order chi connectivity index (χ0) is 14.4. The van der Waals surface area contributed by atoms with Crippen LogP contribution in [0.4, 0.5) is 0 Å². The molecule has 4 bridgehead atoms. The first kappa shape index (κ1) is 14.4. The highest BCUT2D eigenvalue weighted by Gasteiger charge is 2.62. The molecule has 1 amide bonds. The van der Waals surface area contributed by atoms with Gasteiger partial charge in [0, 0.05) is 6.54 Å². The Hall–Kier alpha value is -0.570. The van der Waals surface area contributed by atoms with Gasteiger partial charge in [-0.25, -0.2) is 0 Å². The van der Waals surface area contributed by atoms with Crippen LogP contribution in [0.5, 0.6) is 0 Å². The molecule has 0 heterocycles. The molecule has 114 valence electrons. The van der Waals surface area contributed by atoms with Crippen LogP contribution >= 0.6 is 0 Å². The Labute approximate surface area is 123 Å². The fourth-order valence-electron chi connectivity index (χ4n) is 6.36. The Kier molecular flexibility index (Phi) is 3.39. The van der Waals surface area contributed by atoms with Crippen LogP contribution in [-0.4, -0.2) is 26.0 Å². The molecule has 0 aromatic rings. The number of carbonyl (C=O) groups is 1.